The number of hydrogen-bond donors (Lipinski definition) is 0. The van der Waals surface area contributed by atoms with Crippen LogP contribution in [-0.4, -0.2) is 25.1 Å². The van der Waals surface area contributed by atoms with Gasteiger partial charge in [-0.2, -0.15) is 0 Å². The zero-order valence-electron chi connectivity index (χ0n) is 13.1. The highest BCUT2D eigenvalue weighted by Gasteiger charge is 2.26. The van der Waals surface area contributed by atoms with Gasteiger partial charge in [-0.15, -0.1) is 11.6 Å². The molecule has 0 unspecified atom stereocenters. The van der Waals surface area contributed by atoms with Crippen LogP contribution >= 0.6 is 23.2 Å². The first kappa shape index (κ1) is 18.3. The maximum absolute atomic E-state index is 12.2. The van der Waals surface area contributed by atoms with Crippen LogP contribution in [-0.2, 0) is 14.9 Å². The molecule has 0 aromatic heterocycles. The normalized spacial score (nSPS) is 11.5. The van der Waals surface area contributed by atoms with Crippen LogP contribution in [0.5, 0.6) is 0 Å². The third-order valence-electron chi connectivity index (χ3n) is 3.05. The van der Waals surface area contributed by atoms with Gasteiger partial charge in [-0.3, -0.25) is 9.69 Å². The van der Waals surface area contributed by atoms with Gasteiger partial charge in [0.25, 0.3) is 0 Å². The quantitative estimate of drug-likeness (QED) is 0.433. The van der Waals surface area contributed by atoms with Crippen LogP contribution in [0.3, 0.4) is 0 Å². The SMILES string of the molecule is CCCOCN(C(=O)CCl)c1c(Cl)cccc1C(C)(C)C. The Hall–Kier alpha value is -0.770. The van der Waals surface area contributed by atoms with Crippen molar-refractivity contribution in [3.8, 4) is 0 Å². The molecule has 0 aliphatic rings. The largest absolute Gasteiger partial charge is 0.361 e. The Balaban J connectivity index is 3.26. The van der Waals surface area contributed by atoms with Gasteiger partial charge in [0.05, 0.1) is 10.7 Å². The van der Waals surface area contributed by atoms with Crippen LogP contribution in [0.2, 0.25) is 5.02 Å². The summed E-state index contributed by atoms with van der Waals surface area (Å²) in [5.74, 6) is -0.323. The highest BCUT2D eigenvalue weighted by molar-refractivity contribution is 6.35. The first-order valence-electron chi connectivity index (χ1n) is 7.06. The Labute approximate surface area is 137 Å². The van der Waals surface area contributed by atoms with E-state index in [0.29, 0.717) is 17.3 Å². The van der Waals surface area contributed by atoms with Crippen molar-refractivity contribution in [3.63, 3.8) is 0 Å². The molecule has 0 aliphatic carbocycles. The molecule has 0 heterocycles. The summed E-state index contributed by atoms with van der Waals surface area (Å²) in [4.78, 5) is 13.7. The summed E-state index contributed by atoms with van der Waals surface area (Å²) in [6.07, 6.45) is 0.886. The van der Waals surface area contributed by atoms with Crippen LogP contribution in [0, 0.1) is 0 Å². The van der Waals surface area contributed by atoms with E-state index >= 15 is 0 Å². The number of hydrogen-bond acceptors (Lipinski definition) is 2. The van der Waals surface area contributed by atoms with E-state index in [2.05, 4.69) is 20.8 Å². The Morgan fingerprint density at radius 3 is 2.52 bits per heavy atom. The molecule has 3 nitrogen and oxygen atoms in total. The van der Waals surface area contributed by atoms with E-state index in [9.17, 15) is 4.79 Å². The summed E-state index contributed by atoms with van der Waals surface area (Å²) in [6.45, 7) is 9.01. The lowest BCUT2D eigenvalue weighted by atomic mass is 9.85. The van der Waals surface area contributed by atoms with Crippen LogP contribution in [0.1, 0.15) is 39.7 Å². The number of halogens is 2. The standard InChI is InChI=1S/C16H23Cl2NO2/c1-5-9-21-11-19(14(20)10-17)15-12(16(2,3)4)7-6-8-13(15)18/h6-8H,5,9-11H2,1-4H3. The fourth-order valence-electron chi connectivity index (χ4n) is 2.03. The molecule has 0 saturated carbocycles. The molecule has 0 fully saturated rings. The van der Waals surface area contributed by atoms with Crippen molar-refractivity contribution in [2.45, 2.75) is 39.5 Å². The van der Waals surface area contributed by atoms with Gasteiger partial charge in [-0.25, -0.2) is 0 Å². The molecular weight excluding hydrogens is 309 g/mol. The summed E-state index contributed by atoms with van der Waals surface area (Å²) in [7, 11) is 0. The minimum Gasteiger partial charge on any atom is -0.361 e. The lowest BCUT2D eigenvalue weighted by molar-refractivity contribution is -0.117. The minimum absolute atomic E-state index is 0.107. The highest BCUT2D eigenvalue weighted by Crippen LogP contribution is 2.37. The topological polar surface area (TPSA) is 29.5 Å². The number of nitrogens with zero attached hydrogens (tertiary/aromatic N) is 1. The van der Waals surface area contributed by atoms with Crippen molar-refractivity contribution in [3.05, 3.63) is 28.8 Å². The van der Waals surface area contributed by atoms with Crippen LogP contribution in [0.4, 0.5) is 5.69 Å². The van der Waals surface area contributed by atoms with Gasteiger partial charge >= 0.3 is 0 Å². The van der Waals surface area contributed by atoms with E-state index < -0.39 is 0 Å². The average molecular weight is 332 g/mol. The third-order valence-corrected chi connectivity index (χ3v) is 3.58. The van der Waals surface area contributed by atoms with Gasteiger partial charge in [0.15, 0.2) is 0 Å². The number of ether oxygens (including phenoxy) is 1. The molecule has 1 aromatic rings. The second-order valence-corrected chi connectivity index (χ2v) is 6.55. The second-order valence-electron chi connectivity index (χ2n) is 5.88. The highest BCUT2D eigenvalue weighted by atomic mass is 35.5. The number of carbonyl (C=O) groups excluding carboxylic acids is 1. The van der Waals surface area contributed by atoms with E-state index in [-0.39, 0.29) is 23.9 Å². The van der Waals surface area contributed by atoms with Gasteiger partial charge in [-0.1, -0.05) is 51.4 Å². The van der Waals surface area contributed by atoms with E-state index in [1.165, 1.54) is 4.90 Å². The van der Waals surface area contributed by atoms with Crippen molar-refractivity contribution in [1.82, 2.24) is 0 Å². The molecule has 0 N–H and O–H groups in total. The van der Waals surface area contributed by atoms with Crippen molar-refractivity contribution in [1.29, 1.82) is 0 Å². The zero-order valence-corrected chi connectivity index (χ0v) is 14.6. The molecule has 5 heteroatoms. The number of benzene rings is 1. The number of amides is 1. The van der Waals surface area contributed by atoms with Gasteiger partial charge in [-0.05, 0) is 23.5 Å². The van der Waals surface area contributed by atoms with E-state index in [0.717, 1.165) is 12.0 Å². The van der Waals surface area contributed by atoms with E-state index in [1.807, 2.05) is 19.1 Å². The van der Waals surface area contributed by atoms with Crippen LogP contribution < -0.4 is 4.90 Å². The zero-order chi connectivity index (χ0) is 16.0. The Morgan fingerprint density at radius 1 is 1.33 bits per heavy atom. The summed E-state index contributed by atoms with van der Waals surface area (Å²) in [5.41, 5.74) is 1.54. The lowest BCUT2D eigenvalue weighted by Gasteiger charge is -2.30. The van der Waals surface area contributed by atoms with E-state index in [4.69, 9.17) is 27.9 Å². The number of alkyl halides is 1. The van der Waals surface area contributed by atoms with Crippen LogP contribution in [0.15, 0.2) is 18.2 Å². The first-order chi connectivity index (χ1) is 9.82. The van der Waals surface area contributed by atoms with Gasteiger partial charge in [0, 0.05) is 6.61 Å². The van der Waals surface area contributed by atoms with Gasteiger partial charge < -0.3 is 4.74 Å². The van der Waals surface area contributed by atoms with Crippen molar-refractivity contribution in [2.24, 2.45) is 0 Å². The monoisotopic (exact) mass is 331 g/mol. The van der Waals surface area contributed by atoms with E-state index in [1.54, 1.807) is 6.07 Å². The summed E-state index contributed by atoms with van der Waals surface area (Å²) in [6, 6.07) is 5.65. The minimum atomic E-state index is -0.216. The maximum atomic E-state index is 12.2. The summed E-state index contributed by atoms with van der Waals surface area (Å²) < 4.78 is 5.53. The molecule has 0 radical (unpaired) electrons. The third kappa shape index (κ3) is 4.87. The molecule has 1 aromatic carbocycles. The lowest BCUT2D eigenvalue weighted by Crippen LogP contribution is -2.36. The second kappa shape index (κ2) is 8.02. The molecule has 0 bridgehead atoms. The predicted molar refractivity (Wildman–Crippen MR) is 89.5 cm³/mol. The average Bonchev–Trinajstić information content (AvgIpc) is 2.42. The van der Waals surface area contributed by atoms with Gasteiger partial charge in [0.2, 0.25) is 5.91 Å². The molecule has 0 saturated heterocycles. The fraction of sp³-hybridized carbons (Fsp3) is 0.562. The Morgan fingerprint density at radius 2 is 2.00 bits per heavy atom. The molecule has 118 valence electrons. The first-order valence-corrected chi connectivity index (χ1v) is 7.97. The predicted octanol–water partition coefficient (Wildman–Crippen LogP) is 4.59. The molecule has 0 atom stereocenters. The maximum Gasteiger partial charge on any atom is 0.243 e. The Bertz CT molecular complexity index is 484. The molecule has 0 aliphatic heterocycles. The van der Waals surface area contributed by atoms with Crippen LogP contribution in [0.25, 0.3) is 0 Å². The van der Waals surface area contributed by atoms with Crippen molar-refractivity contribution >= 4 is 34.8 Å². The van der Waals surface area contributed by atoms with Gasteiger partial charge in [0.1, 0.15) is 12.6 Å². The Kier molecular flexibility index (Phi) is 6.98. The number of para-hydroxylation sites is 1. The summed E-state index contributed by atoms with van der Waals surface area (Å²) >= 11 is 12.1. The fourth-order valence-corrected chi connectivity index (χ4v) is 2.45. The molecule has 1 amide bonds. The molecule has 21 heavy (non-hydrogen) atoms. The molecule has 1 rings (SSSR count). The number of anilines is 1. The molecular formula is C16H23Cl2NO2. The van der Waals surface area contributed by atoms with Crippen molar-refractivity contribution < 1.29 is 9.53 Å². The number of carbonyl (C=O) groups is 1. The molecule has 0 spiro atoms. The van der Waals surface area contributed by atoms with Crippen molar-refractivity contribution in [2.75, 3.05) is 24.1 Å². The smallest absolute Gasteiger partial charge is 0.243 e. The summed E-state index contributed by atoms with van der Waals surface area (Å²) in [5, 5.41) is 0.529. The number of rotatable bonds is 6.